The van der Waals surface area contributed by atoms with E-state index < -0.39 is 8.07 Å². The van der Waals surface area contributed by atoms with Gasteiger partial charge in [0.15, 0.2) is 0 Å². The van der Waals surface area contributed by atoms with Crippen molar-refractivity contribution in [2.45, 2.75) is 64.7 Å². The van der Waals surface area contributed by atoms with E-state index in [1.807, 2.05) is 0 Å². The van der Waals surface area contributed by atoms with Gasteiger partial charge in [-0.15, -0.1) is 0 Å². The average molecular weight is 172 g/mol. The Kier molecular flexibility index (Phi) is 5.93. The van der Waals surface area contributed by atoms with Gasteiger partial charge in [0.2, 0.25) is 0 Å². The van der Waals surface area contributed by atoms with Crippen LogP contribution in [-0.4, -0.2) is 8.07 Å². The Morgan fingerprint density at radius 3 is 1.91 bits per heavy atom. The molecule has 1 heteroatoms. The summed E-state index contributed by atoms with van der Waals surface area (Å²) in [6.45, 7) is 9.59. The van der Waals surface area contributed by atoms with E-state index in [0.717, 1.165) is 0 Å². The maximum Gasteiger partial charge on any atom is 0.0501 e. The lowest BCUT2D eigenvalue weighted by atomic mass is 10.4. The van der Waals surface area contributed by atoms with Crippen molar-refractivity contribution in [2.24, 2.45) is 0 Å². The first kappa shape index (κ1) is 11.2. The van der Waals surface area contributed by atoms with Crippen LogP contribution in [0, 0.1) is 0 Å². The maximum absolute atomic E-state index is 2.58. The van der Waals surface area contributed by atoms with Crippen LogP contribution in [0.4, 0.5) is 0 Å². The van der Waals surface area contributed by atoms with Gasteiger partial charge in [-0.05, 0) is 0 Å². The zero-order valence-electron chi connectivity index (χ0n) is 8.74. The molecule has 0 saturated heterocycles. The summed E-state index contributed by atoms with van der Waals surface area (Å²) in [7, 11) is -0.744. The zero-order chi connectivity index (χ0) is 8.74. The van der Waals surface area contributed by atoms with Crippen molar-refractivity contribution < 1.29 is 0 Å². The molecule has 0 nitrogen and oxygen atoms in total. The van der Waals surface area contributed by atoms with Crippen molar-refractivity contribution in [3.8, 4) is 0 Å². The monoisotopic (exact) mass is 172 g/mol. The van der Waals surface area contributed by atoms with Gasteiger partial charge >= 0.3 is 0 Å². The second kappa shape index (κ2) is 5.82. The van der Waals surface area contributed by atoms with Gasteiger partial charge in [0.1, 0.15) is 0 Å². The Morgan fingerprint density at radius 2 is 1.55 bits per heavy atom. The summed E-state index contributed by atoms with van der Waals surface area (Å²) < 4.78 is 0. The highest BCUT2D eigenvalue weighted by Crippen LogP contribution is 2.24. The molecule has 0 N–H and O–H groups in total. The molecule has 0 saturated carbocycles. The third-order valence-electron chi connectivity index (χ3n) is 2.84. The van der Waals surface area contributed by atoms with E-state index in [-0.39, 0.29) is 0 Å². The Labute approximate surface area is 73.4 Å². The smallest absolute Gasteiger partial charge is 0.0501 e. The molecule has 0 aliphatic heterocycles. The number of rotatable bonds is 6. The van der Waals surface area contributed by atoms with E-state index in [2.05, 4.69) is 27.3 Å². The predicted molar refractivity (Wildman–Crippen MR) is 56.9 cm³/mol. The first-order valence-corrected chi connectivity index (χ1v) is 8.30. The Bertz CT molecular complexity index is 90.9. The second-order valence-corrected chi connectivity index (χ2v) is 9.35. The molecule has 0 aliphatic carbocycles. The molecule has 1 atom stereocenters. The van der Waals surface area contributed by atoms with Crippen LogP contribution < -0.4 is 0 Å². The molecule has 0 heterocycles. The Morgan fingerprint density at radius 1 is 0.909 bits per heavy atom. The molecule has 0 aromatic carbocycles. The van der Waals surface area contributed by atoms with Crippen LogP contribution in [0.5, 0.6) is 0 Å². The van der Waals surface area contributed by atoms with Crippen LogP contribution in [0.2, 0.25) is 24.7 Å². The second-order valence-electron chi connectivity index (χ2n) is 4.02. The van der Waals surface area contributed by atoms with Gasteiger partial charge in [0, 0.05) is 0 Å². The van der Waals surface area contributed by atoms with Crippen molar-refractivity contribution in [1.82, 2.24) is 0 Å². The summed E-state index contributed by atoms with van der Waals surface area (Å²) >= 11 is 0. The van der Waals surface area contributed by atoms with Crippen LogP contribution in [0.25, 0.3) is 0 Å². The van der Waals surface area contributed by atoms with Gasteiger partial charge in [-0.2, -0.15) is 0 Å². The fourth-order valence-corrected chi connectivity index (χ4v) is 5.06. The topological polar surface area (TPSA) is 0 Å². The van der Waals surface area contributed by atoms with Gasteiger partial charge < -0.3 is 0 Å². The van der Waals surface area contributed by atoms with Crippen molar-refractivity contribution in [2.75, 3.05) is 0 Å². The maximum atomic E-state index is 2.58. The summed E-state index contributed by atoms with van der Waals surface area (Å²) in [4.78, 5) is 0. The highest BCUT2D eigenvalue weighted by Gasteiger charge is 2.21. The third-order valence-corrected chi connectivity index (χ3v) is 7.82. The van der Waals surface area contributed by atoms with Gasteiger partial charge in [0.25, 0.3) is 0 Å². The van der Waals surface area contributed by atoms with E-state index in [0.29, 0.717) is 0 Å². The number of hydrogen-bond acceptors (Lipinski definition) is 0. The van der Waals surface area contributed by atoms with Gasteiger partial charge in [0.05, 0.1) is 8.07 Å². The van der Waals surface area contributed by atoms with Crippen LogP contribution in [0.1, 0.15) is 40.0 Å². The summed E-state index contributed by atoms with van der Waals surface area (Å²) in [5, 5.41) is 0. The molecule has 0 amide bonds. The fraction of sp³-hybridized carbons (Fsp3) is 1.00. The lowest BCUT2D eigenvalue weighted by molar-refractivity contribution is 0.851. The molecular formula is C10H24Si. The molecule has 11 heavy (non-hydrogen) atoms. The van der Waals surface area contributed by atoms with Crippen molar-refractivity contribution in [3.63, 3.8) is 0 Å². The predicted octanol–water partition coefficient (Wildman–Crippen LogP) is 4.30. The molecule has 0 bridgehead atoms. The standard InChI is InChI=1S/C10H24Si/c1-5-8-10-11(4,7-3)9-6-2/h5-10H2,1-4H3/t11-/m0/s1. The van der Waals surface area contributed by atoms with E-state index in [4.69, 9.17) is 0 Å². The third kappa shape index (κ3) is 4.62. The average Bonchev–Trinajstić information content (AvgIpc) is 2.02. The first-order valence-electron chi connectivity index (χ1n) is 5.18. The molecule has 0 spiro atoms. The number of unbranched alkanes of at least 4 members (excludes halogenated alkanes) is 1. The Balaban J connectivity index is 3.68. The normalized spacial score (nSPS) is 16.4. The van der Waals surface area contributed by atoms with Crippen LogP contribution in [0.15, 0.2) is 0 Å². The minimum atomic E-state index is -0.744. The fourth-order valence-electron chi connectivity index (χ4n) is 1.69. The molecule has 0 aromatic heterocycles. The molecule has 0 unspecified atom stereocenters. The summed E-state index contributed by atoms with van der Waals surface area (Å²) in [6, 6.07) is 4.60. The first-order chi connectivity index (χ1) is 5.18. The van der Waals surface area contributed by atoms with Crippen LogP contribution in [0.3, 0.4) is 0 Å². The van der Waals surface area contributed by atoms with Crippen molar-refractivity contribution in [1.29, 1.82) is 0 Å². The minimum absolute atomic E-state index is 0.744. The molecule has 0 radical (unpaired) electrons. The highest BCUT2D eigenvalue weighted by atomic mass is 28.3. The minimum Gasteiger partial charge on any atom is -0.0692 e. The molecule has 0 rings (SSSR count). The summed E-state index contributed by atoms with van der Waals surface area (Å²) in [5.41, 5.74) is 0. The summed E-state index contributed by atoms with van der Waals surface area (Å²) in [6.07, 6.45) is 4.25. The van der Waals surface area contributed by atoms with E-state index in [1.54, 1.807) is 12.1 Å². The van der Waals surface area contributed by atoms with Crippen LogP contribution >= 0.6 is 0 Å². The molecular weight excluding hydrogens is 148 g/mol. The van der Waals surface area contributed by atoms with E-state index in [9.17, 15) is 0 Å². The zero-order valence-corrected chi connectivity index (χ0v) is 9.74. The largest absolute Gasteiger partial charge is 0.0692 e. The molecule has 68 valence electrons. The Hall–Kier alpha value is 0.217. The number of hydrogen-bond donors (Lipinski definition) is 0. The SMILES string of the molecule is CCCC[Si@@](C)(CC)CCC. The lowest BCUT2D eigenvalue weighted by Crippen LogP contribution is -2.27. The van der Waals surface area contributed by atoms with Gasteiger partial charge in [-0.25, -0.2) is 0 Å². The van der Waals surface area contributed by atoms with Crippen LogP contribution in [-0.2, 0) is 0 Å². The quantitative estimate of drug-likeness (QED) is 0.524. The highest BCUT2D eigenvalue weighted by molar-refractivity contribution is 6.78. The van der Waals surface area contributed by atoms with E-state index in [1.165, 1.54) is 25.3 Å². The van der Waals surface area contributed by atoms with E-state index >= 15 is 0 Å². The van der Waals surface area contributed by atoms with Crippen molar-refractivity contribution >= 4 is 8.07 Å². The van der Waals surface area contributed by atoms with Crippen molar-refractivity contribution in [3.05, 3.63) is 0 Å². The molecule has 0 fully saturated rings. The van der Waals surface area contributed by atoms with Gasteiger partial charge in [-0.3, -0.25) is 0 Å². The molecule has 0 aromatic rings. The summed E-state index contributed by atoms with van der Waals surface area (Å²) in [5.74, 6) is 0. The van der Waals surface area contributed by atoms with Gasteiger partial charge in [-0.1, -0.05) is 64.7 Å². The molecule has 0 aliphatic rings. The lowest BCUT2D eigenvalue weighted by Gasteiger charge is -2.25.